The fourth-order valence-corrected chi connectivity index (χ4v) is 5.33. The van der Waals surface area contributed by atoms with E-state index in [1.807, 2.05) is 6.92 Å². The number of hydrogen-bond donors (Lipinski definition) is 2. The van der Waals surface area contributed by atoms with Gasteiger partial charge in [-0.2, -0.15) is 0 Å². The van der Waals surface area contributed by atoms with E-state index >= 15 is 0 Å². The normalized spacial score (nSPS) is 12.9. The molecule has 38 heavy (non-hydrogen) atoms. The van der Waals surface area contributed by atoms with Crippen LogP contribution in [0.5, 0.6) is 0 Å². The quantitative estimate of drug-likeness (QED) is 0.335. The van der Waals surface area contributed by atoms with E-state index in [0.29, 0.717) is 16.7 Å². The summed E-state index contributed by atoms with van der Waals surface area (Å²) in [6, 6.07) is 18.3. The Kier molecular flexibility index (Phi) is 6.20. The molecule has 0 unspecified atom stereocenters. The van der Waals surface area contributed by atoms with Gasteiger partial charge in [-0.1, -0.05) is 35.9 Å². The van der Waals surface area contributed by atoms with E-state index in [9.17, 15) is 31.9 Å². The molecule has 0 bridgehead atoms. The van der Waals surface area contributed by atoms with Crippen molar-refractivity contribution in [3.05, 3.63) is 113 Å². The van der Waals surface area contributed by atoms with Crippen LogP contribution in [-0.4, -0.2) is 25.4 Å². The number of carbonyl (C=O) groups is 2. The predicted molar refractivity (Wildman–Crippen MR) is 138 cm³/mol. The number of carbonyl (C=O) groups excluding carboxylic acids is 1. The molecule has 1 aliphatic rings. The van der Waals surface area contributed by atoms with E-state index in [-0.39, 0.29) is 33.9 Å². The average molecular weight is 535 g/mol. The van der Waals surface area contributed by atoms with Gasteiger partial charge >= 0.3 is 5.97 Å². The largest absolute Gasteiger partial charge is 0.478 e. The Morgan fingerprint density at radius 1 is 0.895 bits per heavy atom. The van der Waals surface area contributed by atoms with Crippen LogP contribution in [0.15, 0.2) is 83.8 Å². The van der Waals surface area contributed by atoms with E-state index in [2.05, 4.69) is 4.72 Å². The van der Waals surface area contributed by atoms with E-state index in [0.717, 1.165) is 17.7 Å². The van der Waals surface area contributed by atoms with Crippen LogP contribution in [0.25, 0.3) is 11.1 Å². The third-order valence-corrected chi connectivity index (χ3v) is 7.67. The Hall–Kier alpha value is -4.57. The first kappa shape index (κ1) is 25.1. The summed E-state index contributed by atoms with van der Waals surface area (Å²) in [5.74, 6) is -3.87. The van der Waals surface area contributed by atoms with Crippen LogP contribution in [0.2, 0.25) is 0 Å². The van der Waals surface area contributed by atoms with Gasteiger partial charge in [0.2, 0.25) is 0 Å². The molecule has 0 radical (unpaired) electrons. The van der Waals surface area contributed by atoms with Gasteiger partial charge in [0.15, 0.2) is 11.6 Å². The molecule has 1 aliphatic heterocycles. The van der Waals surface area contributed by atoms with Crippen LogP contribution in [0, 0.1) is 18.6 Å². The van der Waals surface area contributed by atoms with Crippen molar-refractivity contribution in [1.29, 1.82) is 0 Å². The van der Waals surface area contributed by atoms with Crippen LogP contribution in [-0.2, 0) is 16.6 Å². The predicted octanol–water partition coefficient (Wildman–Crippen LogP) is 5.60. The number of fused-ring (bicyclic) bond motifs is 1. The summed E-state index contributed by atoms with van der Waals surface area (Å²) < 4.78 is 55.3. The molecule has 0 fully saturated rings. The molecule has 0 aliphatic carbocycles. The Balaban J connectivity index is 1.48. The fraction of sp³-hybridized carbons (Fsp3) is 0.0714. The van der Waals surface area contributed by atoms with Crippen molar-refractivity contribution in [1.82, 2.24) is 0 Å². The van der Waals surface area contributed by atoms with Crippen molar-refractivity contribution in [3.8, 4) is 11.1 Å². The minimum atomic E-state index is -3.90. The zero-order valence-corrected chi connectivity index (χ0v) is 20.7. The lowest BCUT2D eigenvalue weighted by molar-refractivity contribution is 0.0697. The number of carboxylic acid groups (broad SMARTS) is 1. The number of carboxylic acids is 1. The molecule has 0 atom stereocenters. The first-order chi connectivity index (χ1) is 18.0. The van der Waals surface area contributed by atoms with Crippen molar-refractivity contribution in [2.75, 3.05) is 9.62 Å². The zero-order chi connectivity index (χ0) is 27.2. The first-order valence-corrected chi connectivity index (χ1v) is 12.9. The van der Waals surface area contributed by atoms with Gasteiger partial charge in [0.1, 0.15) is 0 Å². The Morgan fingerprint density at radius 2 is 1.58 bits per heavy atom. The van der Waals surface area contributed by atoms with Crippen molar-refractivity contribution >= 4 is 33.3 Å². The Morgan fingerprint density at radius 3 is 2.26 bits per heavy atom. The van der Waals surface area contributed by atoms with Gasteiger partial charge in [0.25, 0.3) is 15.9 Å². The van der Waals surface area contributed by atoms with E-state index in [4.69, 9.17) is 0 Å². The second-order valence-corrected chi connectivity index (χ2v) is 10.5. The molecular weight excluding hydrogens is 514 g/mol. The summed E-state index contributed by atoms with van der Waals surface area (Å²) in [6.07, 6.45) is 0. The molecule has 192 valence electrons. The van der Waals surface area contributed by atoms with Gasteiger partial charge in [0, 0.05) is 11.3 Å². The van der Waals surface area contributed by atoms with Gasteiger partial charge in [-0.3, -0.25) is 9.52 Å². The van der Waals surface area contributed by atoms with E-state index in [1.54, 1.807) is 18.2 Å². The van der Waals surface area contributed by atoms with Gasteiger partial charge < -0.3 is 10.0 Å². The van der Waals surface area contributed by atoms with E-state index in [1.165, 1.54) is 53.4 Å². The van der Waals surface area contributed by atoms with Gasteiger partial charge in [-0.15, -0.1) is 0 Å². The Labute approximate surface area is 217 Å². The summed E-state index contributed by atoms with van der Waals surface area (Å²) in [5.41, 5.74) is 2.47. The highest BCUT2D eigenvalue weighted by Gasteiger charge is 2.32. The Bertz CT molecular complexity index is 1720. The topological polar surface area (TPSA) is 104 Å². The lowest BCUT2D eigenvalue weighted by atomic mass is 10.0. The van der Waals surface area contributed by atoms with Crippen LogP contribution in [0.4, 0.5) is 20.2 Å². The highest BCUT2D eigenvalue weighted by molar-refractivity contribution is 7.92. The molecule has 1 amide bonds. The molecule has 0 saturated carbocycles. The number of rotatable bonds is 6. The second kappa shape index (κ2) is 9.38. The highest BCUT2D eigenvalue weighted by Crippen LogP contribution is 2.35. The third kappa shape index (κ3) is 4.61. The number of aryl methyl sites for hydroxylation is 1. The lowest BCUT2D eigenvalue weighted by Crippen LogP contribution is -2.25. The van der Waals surface area contributed by atoms with Crippen molar-refractivity contribution in [2.24, 2.45) is 0 Å². The zero-order valence-electron chi connectivity index (χ0n) is 19.9. The SMILES string of the molecule is Cc1ccc(S(=O)(=O)Nc2ccc3c(c2)C(=O)N(c2cc(-c4ccc(F)c(F)c4)ccc2C(=O)O)C3)cc1. The number of halogens is 2. The molecule has 0 aromatic heterocycles. The molecule has 5 rings (SSSR count). The van der Waals surface area contributed by atoms with E-state index < -0.39 is 33.5 Å². The maximum absolute atomic E-state index is 13.8. The maximum Gasteiger partial charge on any atom is 0.337 e. The minimum absolute atomic E-state index is 0.0423. The number of hydrogen-bond acceptors (Lipinski definition) is 4. The van der Waals surface area contributed by atoms with Crippen molar-refractivity contribution in [3.63, 3.8) is 0 Å². The molecule has 2 N–H and O–H groups in total. The highest BCUT2D eigenvalue weighted by atomic mass is 32.2. The number of sulfonamides is 1. The second-order valence-electron chi connectivity index (χ2n) is 8.85. The first-order valence-electron chi connectivity index (χ1n) is 11.4. The average Bonchev–Trinajstić information content (AvgIpc) is 3.21. The lowest BCUT2D eigenvalue weighted by Gasteiger charge is -2.19. The number of amides is 1. The smallest absolute Gasteiger partial charge is 0.337 e. The molecule has 0 spiro atoms. The molecule has 10 heteroatoms. The summed E-state index contributed by atoms with van der Waals surface area (Å²) >= 11 is 0. The van der Waals surface area contributed by atoms with Crippen LogP contribution >= 0.6 is 0 Å². The molecule has 4 aromatic carbocycles. The number of anilines is 2. The van der Waals surface area contributed by atoms with Gasteiger partial charge in [-0.05, 0) is 72.1 Å². The summed E-state index contributed by atoms with van der Waals surface area (Å²) in [6.45, 7) is 1.88. The molecule has 0 saturated heterocycles. The number of benzene rings is 4. The van der Waals surface area contributed by atoms with Crippen molar-refractivity contribution in [2.45, 2.75) is 18.4 Å². The van der Waals surface area contributed by atoms with Crippen LogP contribution in [0.3, 0.4) is 0 Å². The molecule has 7 nitrogen and oxygen atoms in total. The molecule has 4 aromatic rings. The monoisotopic (exact) mass is 534 g/mol. The maximum atomic E-state index is 13.8. The minimum Gasteiger partial charge on any atom is -0.478 e. The number of nitrogens with one attached hydrogen (secondary N) is 1. The third-order valence-electron chi connectivity index (χ3n) is 6.27. The summed E-state index contributed by atoms with van der Waals surface area (Å²) in [5, 5.41) is 9.74. The molecule has 1 heterocycles. The van der Waals surface area contributed by atoms with Crippen LogP contribution in [0.1, 0.15) is 31.8 Å². The number of nitrogens with zero attached hydrogens (tertiary/aromatic N) is 1. The fourth-order valence-electron chi connectivity index (χ4n) is 4.28. The van der Waals surface area contributed by atoms with Gasteiger partial charge in [0.05, 0.1) is 22.7 Å². The summed E-state index contributed by atoms with van der Waals surface area (Å²) in [7, 11) is -3.90. The van der Waals surface area contributed by atoms with Crippen molar-refractivity contribution < 1.29 is 31.9 Å². The standard InChI is InChI=1S/C28H20F2N2O5S/c1-16-2-8-21(9-3-16)38(36,37)31-20-7-4-19-15-32(27(33)23(19)14-20)26-13-18(5-10-22(26)28(34)35)17-6-11-24(29)25(30)12-17/h2-14,31H,15H2,1H3,(H,34,35). The number of aromatic carboxylic acids is 1. The molecular formula is C28H20F2N2O5S. The van der Waals surface area contributed by atoms with Crippen LogP contribution < -0.4 is 9.62 Å². The van der Waals surface area contributed by atoms with Gasteiger partial charge in [-0.25, -0.2) is 22.0 Å². The summed E-state index contributed by atoms with van der Waals surface area (Å²) in [4.78, 5) is 26.7.